The number of aromatic nitrogens is 1. The summed E-state index contributed by atoms with van der Waals surface area (Å²) in [6.07, 6.45) is 1.51. The molecule has 0 spiro atoms. The summed E-state index contributed by atoms with van der Waals surface area (Å²) < 4.78 is 0. The Hall–Kier alpha value is -1.87. The average molecular weight is 290 g/mol. The maximum Gasteiger partial charge on any atom is 0.337 e. The number of carbonyl (C=O) groups is 1. The zero-order valence-electron chi connectivity index (χ0n) is 11.5. The van der Waals surface area contributed by atoms with Crippen LogP contribution in [0.25, 0.3) is 11.3 Å². The molecule has 20 heavy (non-hydrogen) atoms. The van der Waals surface area contributed by atoms with Gasteiger partial charge in [0.15, 0.2) is 0 Å². The third-order valence-corrected chi connectivity index (χ3v) is 3.38. The number of aromatic carboxylic acids is 1. The van der Waals surface area contributed by atoms with Crippen molar-refractivity contribution < 1.29 is 9.90 Å². The Bertz CT molecular complexity index is 636. The average Bonchev–Trinajstić information content (AvgIpc) is 2.41. The van der Waals surface area contributed by atoms with Gasteiger partial charge in [-0.3, -0.25) is 4.98 Å². The third kappa shape index (κ3) is 2.99. The molecule has 0 aliphatic heterocycles. The van der Waals surface area contributed by atoms with Gasteiger partial charge >= 0.3 is 5.97 Å². The first-order valence-electron chi connectivity index (χ1n) is 6.52. The maximum absolute atomic E-state index is 11.3. The smallest absolute Gasteiger partial charge is 0.337 e. The molecule has 0 amide bonds. The molecule has 0 saturated heterocycles. The number of carboxylic acid groups (broad SMARTS) is 1. The molecule has 2 aromatic rings. The highest BCUT2D eigenvalue weighted by molar-refractivity contribution is 6.30. The Morgan fingerprint density at radius 3 is 2.50 bits per heavy atom. The molecule has 3 nitrogen and oxygen atoms in total. The topological polar surface area (TPSA) is 50.2 Å². The van der Waals surface area contributed by atoms with E-state index in [2.05, 4.69) is 4.98 Å². The predicted octanol–water partition coefficient (Wildman–Crippen LogP) is 4.36. The van der Waals surface area contributed by atoms with Crippen LogP contribution in [0.15, 0.2) is 30.3 Å². The third-order valence-electron chi connectivity index (χ3n) is 3.13. The van der Waals surface area contributed by atoms with Gasteiger partial charge in [-0.2, -0.15) is 0 Å². The van der Waals surface area contributed by atoms with E-state index in [0.717, 1.165) is 23.2 Å². The fourth-order valence-corrected chi connectivity index (χ4v) is 2.29. The Kier molecular flexibility index (Phi) is 4.40. The standard InChI is InChI=1S/C16H16ClNO2/c1-3-4-14-13(16(19)20)9-10(2)15(18-14)11-5-7-12(17)8-6-11/h5-9H,3-4H2,1-2H3,(H,19,20). The molecule has 1 heterocycles. The second-order valence-electron chi connectivity index (χ2n) is 4.71. The molecule has 1 aromatic heterocycles. The summed E-state index contributed by atoms with van der Waals surface area (Å²) in [6.45, 7) is 3.88. The molecule has 1 N–H and O–H groups in total. The van der Waals surface area contributed by atoms with E-state index in [1.165, 1.54) is 0 Å². The van der Waals surface area contributed by atoms with Gasteiger partial charge in [0.2, 0.25) is 0 Å². The summed E-state index contributed by atoms with van der Waals surface area (Å²) in [4.78, 5) is 15.8. The van der Waals surface area contributed by atoms with Crippen LogP contribution < -0.4 is 0 Å². The van der Waals surface area contributed by atoms with Crippen LogP contribution in [0, 0.1) is 6.92 Å². The highest BCUT2D eigenvalue weighted by Crippen LogP contribution is 2.25. The molecule has 104 valence electrons. The summed E-state index contributed by atoms with van der Waals surface area (Å²) in [7, 11) is 0. The van der Waals surface area contributed by atoms with E-state index in [4.69, 9.17) is 11.6 Å². The number of carboxylic acids is 1. The normalized spacial score (nSPS) is 10.6. The van der Waals surface area contributed by atoms with Crippen molar-refractivity contribution in [2.45, 2.75) is 26.7 Å². The Balaban J connectivity index is 2.56. The van der Waals surface area contributed by atoms with Crippen LogP contribution in [0.1, 0.15) is 35.0 Å². The van der Waals surface area contributed by atoms with Crippen molar-refractivity contribution in [2.75, 3.05) is 0 Å². The fraction of sp³-hybridized carbons (Fsp3) is 0.250. The number of nitrogens with zero attached hydrogens (tertiary/aromatic N) is 1. The summed E-state index contributed by atoms with van der Waals surface area (Å²) in [5, 5.41) is 9.93. The zero-order chi connectivity index (χ0) is 14.7. The quantitative estimate of drug-likeness (QED) is 0.910. The first-order valence-corrected chi connectivity index (χ1v) is 6.90. The summed E-state index contributed by atoms with van der Waals surface area (Å²) in [5.74, 6) is -0.924. The van der Waals surface area contributed by atoms with Gasteiger partial charge in [-0.05, 0) is 37.1 Å². The molecule has 0 saturated carbocycles. The molecule has 2 rings (SSSR count). The van der Waals surface area contributed by atoms with Crippen molar-refractivity contribution in [3.05, 3.63) is 52.2 Å². The number of pyridine rings is 1. The van der Waals surface area contributed by atoms with Crippen LogP contribution in [-0.2, 0) is 6.42 Å². The van der Waals surface area contributed by atoms with E-state index in [0.29, 0.717) is 22.7 Å². The highest BCUT2D eigenvalue weighted by Gasteiger charge is 2.15. The highest BCUT2D eigenvalue weighted by atomic mass is 35.5. The van der Waals surface area contributed by atoms with Gasteiger partial charge < -0.3 is 5.11 Å². The minimum atomic E-state index is -0.924. The molecular weight excluding hydrogens is 274 g/mol. The van der Waals surface area contributed by atoms with Gasteiger partial charge in [0.1, 0.15) is 0 Å². The second kappa shape index (κ2) is 6.06. The van der Waals surface area contributed by atoms with E-state index in [1.54, 1.807) is 6.07 Å². The van der Waals surface area contributed by atoms with Crippen LogP contribution >= 0.6 is 11.6 Å². The van der Waals surface area contributed by atoms with Crippen LogP contribution in [0.3, 0.4) is 0 Å². The number of aryl methyl sites for hydroxylation is 2. The molecule has 0 unspecified atom stereocenters. The number of hydrogen-bond acceptors (Lipinski definition) is 2. The van der Waals surface area contributed by atoms with Crippen LogP contribution in [0.5, 0.6) is 0 Å². The van der Waals surface area contributed by atoms with Gasteiger partial charge in [-0.25, -0.2) is 4.79 Å². The van der Waals surface area contributed by atoms with Crippen LogP contribution in [0.4, 0.5) is 0 Å². The van der Waals surface area contributed by atoms with E-state index >= 15 is 0 Å². The van der Waals surface area contributed by atoms with Gasteiger partial charge in [0.05, 0.1) is 17.0 Å². The van der Waals surface area contributed by atoms with Crippen LogP contribution in [-0.4, -0.2) is 16.1 Å². The molecular formula is C16H16ClNO2. The zero-order valence-corrected chi connectivity index (χ0v) is 12.2. The van der Waals surface area contributed by atoms with Gasteiger partial charge in [-0.15, -0.1) is 0 Å². The molecule has 4 heteroatoms. The molecule has 1 aromatic carbocycles. The lowest BCUT2D eigenvalue weighted by atomic mass is 10.0. The van der Waals surface area contributed by atoms with Gasteiger partial charge in [0, 0.05) is 10.6 Å². The van der Waals surface area contributed by atoms with E-state index < -0.39 is 5.97 Å². The van der Waals surface area contributed by atoms with Crippen molar-refractivity contribution >= 4 is 17.6 Å². The van der Waals surface area contributed by atoms with Gasteiger partial charge in [0.25, 0.3) is 0 Å². The van der Waals surface area contributed by atoms with Crippen molar-refractivity contribution in [3.8, 4) is 11.3 Å². The Labute approximate surface area is 123 Å². The number of hydrogen-bond donors (Lipinski definition) is 1. The Morgan fingerprint density at radius 1 is 1.30 bits per heavy atom. The van der Waals surface area contributed by atoms with Gasteiger partial charge in [-0.1, -0.05) is 37.1 Å². The summed E-state index contributed by atoms with van der Waals surface area (Å²) >= 11 is 5.89. The molecule has 0 aliphatic rings. The van der Waals surface area contributed by atoms with E-state index in [9.17, 15) is 9.90 Å². The Morgan fingerprint density at radius 2 is 1.95 bits per heavy atom. The minimum absolute atomic E-state index is 0.294. The van der Waals surface area contributed by atoms with Crippen LogP contribution in [0.2, 0.25) is 5.02 Å². The van der Waals surface area contributed by atoms with E-state index in [-0.39, 0.29) is 0 Å². The first-order chi connectivity index (χ1) is 9.52. The van der Waals surface area contributed by atoms with Crippen molar-refractivity contribution in [1.82, 2.24) is 4.98 Å². The minimum Gasteiger partial charge on any atom is -0.478 e. The van der Waals surface area contributed by atoms with Crippen molar-refractivity contribution in [2.24, 2.45) is 0 Å². The van der Waals surface area contributed by atoms with E-state index in [1.807, 2.05) is 38.1 Å². The lowest BCUT2D eigenvalue weighted by Crippen LogP contribution is -2.07. The molecule has 0 bridgehead atoms. The fourth-order valence-electron chi connectivity index (χ4n) is 2.16. The lowest BCUT2D eigenvalue weighted by molar-refractivity contribution is 0.0695. The predicted molar refractivity (Wildman–Crippen MR) is 80.4 cm³/mol. The maximum atomic E-state index is 11.3. The number of halogens is 1. The molecule has 0 radical (unpaired) electrons. The number of rotatable bonds is 4. The molecule has 0 fully saturated rings. The number of benzene rings is 1. The van der Waals surface area contributed by atoms with Crippen molar-refractivity contribution in [3.63, 3.8) is 0 Å². The first kappa shape index (κ1) is 14.5. The monoisotopic (exact) mass is 289 g/mol. The van der Waals surface area contributed by atoms with Crippen molar-refractivity contribution in [1.29, 1.82) is 0 Å². The second-order valence-corrected chi connectivity index (χ2v) is 5.15. The molecule has 0 atom stereocenters. The largest absolute Gasteiger partial charge is 0.478 e. The summed E-state index contributed by atoms with van der Waals surface area (Å²) in [5.41, 5.74) is 3.54. The summed E-state index contributed by atoms with van der Waals surface area (Å²) in [6, 6.07) is 9.11. The lowest BCUT2D eigenvalue weighted by Gasteiger charge is -2.11. The molecule has 0 aliphatic carbocycles. The SMILES string of the molecule is CCCc1nc(-c2ccc(Cl)cc2)c(C)cc1C(=O)O.